The summed E-state index contributed by atoms with van der Waals surface area (Å²) in [6.07, 6.45) is 1.53. The molecule has 0 bridgehead atoms. The molecule has 1 aliphatic rings. The highest BCUT2D eigenvalue weighted by Crippen LogP contribution is 2.24. The molecule has 3 aromatic rings. The molecule has 138 valence electrons. The molecule has 9 heteroatoms. The Hall–Kier alpha value is -2.94. The van der Waals surface area contributed by atoms with Crippen molar-refractivity contribution in [2.24, 2.45) is 0 Å². The third kappa shape index (κ3) is 3.57. The zero-order valence-corrected chi connectivity index (χ0v) is 16.5. The molecular weight excluding hydrogens is 416 g/mol. The first kappa shape index (κ1) is 18.4. The normalized spacial score (nSPS) is 15.8. The Labute approximate surface area is 174 Å². The van der Waals surface area contributed by atoms with Crippen LogP contribution < -0.4 is 10.2 Å². The third-order valence-electron chi connectivity index (χ3n) is 4.06. The molecule has 28 heavy (non-hydrogen) atoms. The maximum atomic E-state index is 12.9. The highest BCUT2D eigenvalue weighted by Gasteiger charge is 2.34. The van der Waals surface area contributed by atoms with E-state index in [0.717, 1.165) is 11.3 Å². The zero-order valence-electron chi connectivity index (χ0n) is 14.1. The van der Waals surface area contributed by atoms with Crippen molar-refractivity contribution in [1.29, 1.82) is 0 Å². The van der Waals surface area contributed by atoms with Gasteiger partial charge in [-0.1, -0.05) is 40.4 Å². The molecule has 2 amide bonds. The number of anilines is 1. The van der Waals surface area contributed by atoms with E-state index < -0.39 is 11.8 Å². The molecule has 1 fully saturated rings. The maximum absolute atomic E-state index is 12.9. The Bertz CT molecular complexity index is 1090. The van der Waals surface area contributed by atoms with Gasteiger partial charge in [-0.15, -0.1) is 5.10 Å². The molecule has 1 N–H and O–H groups in total. The number of thiocarbonyl (C=S) groups is 1. The molecule has 2 heterocycles. The number of nitrogens with zero attached hydrogens (tertiary/aromatic N) is 3. The highest BCUT2D eigenvalue weighted by atomic mass is 35.5. The quantitative estimate of drug-likeness (QED) is 0.392. The fourth-order valence-electron chi connectivity index (χ4n) is 2.69. The van der Waals surface area contributed by atoms with Crippen LogP contribution in [0.2, 0.25) is 5.02 Å². The van der Waals surface area contributed by atoms with Crippen molar-refractivity contribution in [3.8, 4) is 11.3 Å². The predicted octanol–water partition coefficient (Wildman–Crippen LogP) is 3.69. The van der Waals surface area contributed by atoms with E-state index in [2.05, 4.69) is 14.9 Å². The van der Waals surface area contributed by atoms with Gasteiger partial charge in [-0.05, 0) is 59.7 Å². The third-order valence-corrected chi connectivity index (χ3v) is 5.11. The summed E-state index contributed by atoms with van der Waals surface area (Å²) in [6, 6.07) is 14.0. The van der Waals surface area contributed by atoms with Gasteiger partial charge in [0.05, 0.1) is 5.69 Å². The van der Waals surface area contributed by atoms with Gasteiger partial charge in [0.2, 0.25) is 0 Å². The lowest BCUT2D eigenvalue weighted by Gasteiger charge is -2.28. The number of carbonyl (C=O) groups excluding carboxylic acids is 2. The smallest absolute Gasteiger partial charge is 0.270 e. The van der Waals surface area contributed by atoms with Crippen molar-refractivity contribution in [2.45, 2.75) is 0 Å². The monoisotopic (exact) mass is 426 g/mol. The lowest BCUT2D eigenvalue weighted by atomic mass is 10.0. The summed E-state index contributed by atoms with van der Waals surface area (Å²) in [5.74, 6) is -1.03. The molecular formula is C19H11ClN4O2S2. The molecule has 2 aromatic carbocycles. The molecule has 0 radical (unpaired) electrons. The SMILES string of the molecule is O=C1NC(=S)N(c2ccc(Cl)cc2)C(=O)/C1=C/c1ccc(-c2csnn2)cc1. The van der Waals surface area contributed by atoms with Crippen molar-refractivity contribution in [3.63, 3.8) is 0 Å². The van der Waals surface area contributed by atoms with Crippen LogP contribution in [0.1, 0.15) is 5.56 Å². The van der Waals surface area contributed by atoms with E-state index in [1.54, 1.807) is 24.3 Å². The number of rotatable bonds is 3. The lowest BCUT2D eigenvalue weighted by molar-refractivity contribution is -0.122. The first-order valence-corrected chi connectivity index (χ1v) is 9.70. The average molecular weight is 427 g/mol. The van der Waals surface area contributed by atoms with Gasteiger partial charge in [0.25, 0.3) is 11.8 Å². The van der Waals surface area contributed by atoms with E-state index in [-0.39, 0.29) is 10.7 Å². The number of nitrogens with one attached hydrogen (secondary N) is 1. The number of aromatic nitrogens is 2. The van der Waals surface area contributed by atoms with Crippen molar-refractivity contribution < 1.29 is 9.59 Å². The van der Waals surface area contributed by atoms with Crippen LogP contribution in [0.4, 0.5) is 5.69 Å². The van der Waals surface area contributed by atoms with Crippen molar-refractivity contribution in [2.75, 3.05) is 4.90 Å². The Morgan fingerprint density at radius 3 is 2.43 bits per heavy atom. The Morgan fingerprint density at radius 2 is 1.79 bits per heavy atom. The molecule has 0 unspecified atom stereocenters. The summed E-state index contributed by atoms with van der Waals surface area (Å²) < 4.78 is 3.84. The van der Waals surface area contributed by atoms with Gasteiger partial charge in [-0.25, -0.2) is 0 Å². The first-order valence-electron chi connectivity index (χ1n) is 8.07. The highest BCUT2D eigenvalue weighted by molar-refractivity contribution is 7.80. The predicted molar refractivity (Wildman–Crippen MR) is 113 cm³/mol. The fraction of sp³-hybridized carbons (Fsp3) is 0. The van der Waals surface area contributed by atoms with Crippen molar-refractivity contribution in [1.82, 2.24) is 14.9 Å². The minimum atomic E-state index is -0.534. The van der Waals surface area contributed by atoms with Crippen molar-refractivity contribution >= 4 is 64.0 Å². The van der Waals surface area contributed by atoms with Gasteiger partial charge >= 0.3 is 0 Å². The van der Waals surface area contributed by atoms with Crippen LogP contribution in [-0.4, -0.2) is 26.5 Å². The van der Waals surface area contributed by atoms with Crippen LogP contribution in [0.25, 0.3) is 17.3 Å². The lowest BCUT2D eigenvalue weighted by Crippen LogP contribution is -2.54. The summed E-state index contributed by atoms with van der Waals surface area (Å²) in [5, 5.41) is 8.98. The topological polar surface area (TPSA) is 75.2 Å². The second kappa shape index (κ2) is 7.59. The summed E-state index contributed by atoms with van der Waals surface area (Å²) in [6.45, 7) is 0. The second-order valence-corrected chi connectivity index (χ2v) is 7.28. The van der Waals surface area contributed by atoms with E-state index in [4.69, 9.17) is 23.8 Å². The van der Waals surface area contributed by atoms with E-state index in [1.165, 1.54) is 22.5 Å². The number of benzene rings is 2. The van der Waals surface area contributed by atoms with Crippen LogP contribution >= 0.6 is 35.4 Å². The largest absolute Gasteiger partial charge is 0.298 e. The van der Waals surface area contributed by atoms with Gasteiger partial charge < -0.3 is 0 Å². The molecule has 4 rings (SSSR count). The zero-order chi connectivity index (χ0) is 19.7. The number of carbonyl (C=O) groups is 2. The Balaban J connectivity index is 1.65. The number of amides is 2. The average Bonchev–Trinajstić information content (AvgIpc) is 3.22. The molecule has 0 spiro atoms. The van der Waals surface area contributed by atoms with Crippen LogP contribution in [0.3, 0.4) is 0 Å². The Kier molecular flexibility index (Phi) is 4.99. The summed E-state index contributed by atoms with van der Waals surface area (Å²) >= 11 is 12.4. The van der Waals surface area contributed by atoms with Gasteiger partial charge in [-0.2, -0.15) is 0 Å². The molecule has 0 atom stereocenters. The van der Waals surface area contributed by atoms with Crippen LogP contribution in [0, 0.1) is 0 Å². The fourth-order valence-corrected chi connectivity index (χ4v) is 3.56. The Morgan fingerprint density at radius 1 is 1.07 bits per heavy atom. The van der Waals surface area contributed by atoms with Gasteiger partial charge in [-0.3, -0.25) is 19.8 Å². The van der Waals surface area contributed by atoms with Crippen LogP contribution in [0.5, 0.6) is 0 Å². The number of hydrogen-bond acceptors (Lipinski definition) is 6. The van der Waals surface area contributed by atoms with Crippen molar-refractivity contribution in [3.05, 3.63) is 70.1 Å². The van der Waals surface area contributed by atoms with Crippen LogP contribution in [0.15, 0.2) is 59.5 Å². The molecule has 1 aliphatic heterocycles. The van der Waals surface area contributed by atoms with Gasteiger partial charge in [0, 0.05) is 16.0 Å². The molecule has 0 aliphatic carbocycles. The van der Waals surface area contributed by atoms with Gasteiger partial charge in [0.1, 0.15) is 11.3 Å². The van der Waals surface area contributed by atoms with E-state index in [1.807, 2.05) is 29.6 Å². The molecule has 0 saturated carbocycles. The standard InChI is InChI=1S/C19H11ClN4O2S2/c20-13-5-7-14(8-6-13)24-18(26)15(17(25)21-19(24)27)9-11-1-3-12(4-2-11)16-10-28-23-22-16/h1-10H,(H,21,25,27)/b15-9+. The maximum Gasteiger partial charge on any atom is 0.270 e. The van der Waals surface area contributed by atoms with Gasteiger partial charge in [0.15, 0.2) is 5.11 Å². The second-order valence-electron chi connectivity index (χ2n) is 5.85. The summed E-state index contributed by atoms with van der Waals surface area (Å²) in [4.78, 5) is 26.6. The first-order chi connectivity index (χ1) is 13.5. The van der Waals surface area contributed by atoms with E-state index >= 15 is 0 Å². The number of halogens is 1. The molecule has 1 saturated heterocycles. The summed E-state index contributed by atoms with van der Waals surface area (Å²) in [5.41, 5.74) is 2.90. The minimum Gasteiger partial charge on any atom is -0.298 e. The van der Waals surface area contributed by atoms with E-state index in [0.29, 0.717) is 16.3 Å². The minimum absolute atomic E-state index is 0.00775. The summed E-state index contributed by atoms with van der Waals surface area (Å²) in [7, 11) is 0. The van der Waals surface area contributed by atoms with E-state index in [9.17, 15) is 9.59 Å². The molecule has 1 aromatic heterocycles. The molecule has 6 nitrogen and oxygen atoms in total. The number of hydrogen-bond donors (Lipinski definition) is 1. The van der Waals surface area contributed by atoms with Crippen LogP contribution in [-0.2, 0) is 9.59 Å².